The fourth-order valence-corrected chi connectivity index (χ4v) is 2.00. The lowest BCUT2D eigenvalue weighted by atomic mass is 10.1. The highest BCUT2D eigenvalue weighted by molar-refractivity contribution is 5.54. The predicted molar refractivity (Wildman–Crippen MR) is 78.3 cm³/mol. The summed E-state index contributed by atoms with van der Waals surface area (Å²) in [7, 11) is 1.62. The van der Waals surface area contributed by atoms with E-state index in [1.165, 1.54) is 0 Å². The molecule has 1 heterocycles. The van der Waals surface area contributed by atoms with E-state index in [1.807, 2.05) is 20.8 Å². The molecule has 0 aliphatic carbocycles. The molecule has 2 N–H and O–H groups in total. The van der Waals surface area contributed by atoms with Gasteiger partial charge in [-0.3, -0.25) is 4.98 Å². The van der Waals surface area contributed by atoms with Gasteiger partial charge in [0.2, 0.25) is 0 Å². The predicted octanol–water partition coefficient (Wildman–Crippen LogP) is 3.72. The van der Waals surface area contributed by atoms with Crippen LogP contribution in [0.4, 0.5) is 5.69 Å². The molecule has 1 rings (SSSR count). The van der Waals surface area contributed by atoms with Gasteiger partial charge < -0.3 is 15.2 Å². The number of methoxy groups -OCH3 is 1. The lowest BCUT2D eigenvalue weighted by molar-refractivity contribution is -0.0684. The number of rotatable bonds is 6. The fourth-order valence-electron chi connectivity index (χ4n) is 2.00. The van der Waals surface area contributed by atoms with Crippen LogP contribution in [0.15, 0.2) is 12.3 Å². The highest BCUT2D eigenvalue weighted by Gasteiger charge is 2.25. The SMILES string of the molecule is CCCCC(OC(C)(C)C)c1nccc(N)c1OC. The number of hydrogen-bond donors (Lipinski definition) is 1. The fraction of sp³-hybridized carbons (Fsp3) is 0.667. The molecule has 0 aliphatic rings. The summed E-state index contributed by atoms with van der Waals surface area (Å²) in [5.74, 6) is 0.632. The summed E-state index contributed by atoms with van der Waals surface area (Å²) in [6.45, 7) is 8.30. The topological polar surface area (TPSA) is 57.4 Å². The van der Waals surface area contributed by atoms with Crippen LogP contribution >= 0.6 is 0 Å². The first-order chi connectivity index (χ1) is 8.89. The van der Waals surface area contributed by atoms with E-state index in [1.54, 1.807) is 19.4 Å². The van der Waals surface area contributed by atoms with E-state index in [9.17, 15) is 0 Å². The molecule has 1 atom stereocenters. The Morgan fingerprint density at radius 2 is 2.05 bits per heavy atom. The van der Waals surface area contributed by atoms with Crippen LogP contribution in [-0.4, -0.2) is 17.7 Å². The minimum atomic E-state index is -0.226. The number of nitrogens with zero attached hydrogens (tertiary/aromatic N) is 1. The summed E-state index contributed by atoms with van der Waals surface area (Å²) in [6.07, 6.45) is 4.74. The Kier molecular flexibility index (Phi) is 5.60. The normalized spacial score (nSPS) is 13.3. The number of aromatic nitrogens is 1. The Morgan fingerprint density at radius 1 is 1.37 bits per heavy atom. The molecule has 0 saturated carbocycles. The Bertz CT molecular complexity index is 400. The van der Waals surface area contributed by atoms with E-state index in [0.717, 1.165) is 25.0 Å². The van der Waals surface area contributed by atoms with Crippen molar-refractivity contribution < 1.29 is 9.47 Å². The van der Waals surface area contributed by atoms with Gasteiger partial charge in [-0.2, -0.15) is 0 Å². The van der Waals surface area contributed by atoms with Gasteiger partial charge in [-0.15, -0.1) is 0 Å². The van der Waals surface area contributed by atoms with Gasteiger partial charge in [0, 0.05) is 6.20 Å². The molecule has 1 aromatic heterocycles. The van der Waals surface area contributed by atoms with Crippen molar-refractivity contribution in [3.05, 3.63) is 18.0 Å². The van der Waals surface area contributed by atoms with E-state index in [-0.39, 0.29) is 11.7 Å². The minimum Gasteiger partial charge on any atom is -0.493 e. The quantitative estimate of drug-likeness (QED) is 0.852. The molecule has 0 spiro atoms. The average molecular weight is 266 g/mol. The molecule has 0 fully saturated rings. The number of unbranched alkanes of at least 4 members (excludes halogenated alkanes) is 1. The van der Waals surface area contributed by atoms with Crippen molar-refractivity contribution in [3.63, 3.8) is 0 Å². The standard InChI is InChI=1S/C15H26N2O2/c1-6-7-8-12(19-15(2,3)4)13-14(18-5)11(16)9-10-17-13/h9-10,12H,6-8H2,1-5H3,(H2,16,17). The Hall–Kier alpha value is -1.29. The highest BCUT2D eigenvalue weighted by Crippen LogP contribution is 2.35. The molecule has 4 nitrogen and oxygen atoms in total. The van der Waals surface area contributed by atoms with Gasteiger partial charge in [0.25, 0.3) is 0 Å². The second-order valence-electron chi connectivity index (χ2n) is 5.68. The van der Waals surface area contributed by atoms with E-state index in [2.05, 4.69) is 11.9 Å². The van der Waals surface area contributed by atoms with Crippen molar-refractivity contribution in [3.8, 4) is 5.75 Å². The highest BCUT2D eigenvalue weighted by atomic mass is 16.5. The lowest BCUT2D eigenvalue weighted by Crippen LogP contribution is -2.23. The summed E-state index contributed by atoms with van der Waals surface area (Å²) in [5, 5.41) is 0. The van der Waals surface area contributed by atoms with Gasteiger partial charge in [-0.05, 0) is 33.3 Å². The van der Waals surface area contributed by atoms with Gasteiger partial charge in [0.05, 0.1) is 18.4 Å². The van der Waals surface area contributed by atoms with Crippen LogP contribution in [-0.2, 0) is 4.74 Å². The zero-order valence-electron chi connectivity index (χ0n) is 12.7. The third-order valence-corrected chi connectivity index (χ3v) is 2.79. The summed E-state index contributed by atoms with van der Waals surface area (Å²) >= 11 is 0. The van der Waals surface area contributed by atoms with Crippen LogP contribution in [0.3, 0.4) is 0 Å². The largest absolute Gasteiger partial charge is 0.493 e. The molecule has 0 amide bonds. The molecule has 0 saturated heterocycles. The lowest BCUT2D eigenvalue weighted by Gasteiger charge is -2.28. The molecule has 1 aromatic rings. The van der Waals surface area contributed by atoms with E-state index >= 15 is 0 Å². The summed E-state index contributed by atoms with van der Waals surface area (Å²) in [5.41, 5.74) is 7.12. The van der Waals surface area contributed by atoms with Crippen LogP contribution in [0, 0.1) is 0 Å². The van der Waals surface area contributed by atoms with Crippen molar-refractivity contribution in [2.24, 2.45) is 0 Å². The molecule has 4 heteroatoms. The summed E-state index contributed by atoms with van der Waals surface area (Å²) in [4.78, 5) is 4.42. The number of nitrogen functional groups attached to an aromatic ring is 1. The van der Waals surface area contributed by atoms with Gasteiger partial charge in [-0.1, -0.05) is 19.8 Å². The molecule has 0 aliphatic heterocycles. The second-order valence-corrected chi connectivity index (χ2v) is 5.68. The smallest absolute Gasteiger partial charge is 0.165 e. The maximum Gasteiger partial charge on any atom is 0.165 e. The first kappa shape index (κ1) is 15.8. The van der Waals surface area contributed by atoms with Gasteiger partial charge in [-0.25, -0.2) is 0 Å². The number of nitrogens with two attached hydrogens (primary N) is 1. The average Bonchev–Trinajstić information content (AvgIpc) is 2.32. The van der Waals surface area contributed by atoms with E-state index < -0.39 is 0 Å². The minimum absolute atomic E-state index is 0.0848. The first-order valence-electron chi connectivity index (χ1n) is 6.85. The van der Waals surface area contributed by atoms with Crippen molar-refractivity contribution in [1.29, 1.82) is 0 Å². The van der Waals surface area contributed by atoms with Crippen LogP contribution in [0.1, 0.15) is 58.8 Å². The Balaban J connectivity index is 3.06. The van der Waals surface area contributed by atoms with Crippen molar-refractivity contribution >= 4 is 5.69 Å². The summed E-state index contributed by atoms with van der Waals surface area (Å²) < 4.78 is 11.5. The van der Waals surface area contributed by atoms with Crippen LogP contribution in [0.25, 0.3) is 0 Å². The molecule has 0 aromatic carbocycles. The van der Waals surface area contributed by atoms with Crippen LogP contribution in [0.5, 0.6) is 5.75 Å². The molecule has 108 valence electrons. The van der Waals surface area contributed by atoms with E-state index in [0.29, 0.717) is 11.4 Å². The van der Waals surface area contributed by atoms with Crippen LogP contribution in [0.2, 0.25) is 0 Å². The first-order valence-corrected chi connectivity index (χ1v) is 6.85. The maximum atomic E-state index is 6.13. The number of pyridine rings is 1. The zero-order chi connectivity index (χ0) is 14.5. The molecular formula is C15H26N2O2. The Labute approximate surface area is 116 Å². The van der Waals surface area contributed by atoms with Crippen molar-refractivity contribution in [2.45, 2.75) is 58.7 Å². The zero-order valence-corrected chi connectivity index (χ0v) is 12.7. The summed E-state index contributed by atoms with van der Waals surface area (Å²) in [6, 6.07) is 1.75. The molecular weight excluding hydrogens is 240 g/mol. The van der Waals surface area contributed by atoms with Crippen molar-refractivity contribution in [1.82, 2.24) is 4.98 Å². The van der Waals surface area contributed by atoms with Crippen molar-refractivity contribution in [2.75, 3.05) is 12.8 Å². The third-order valence-electron chi connectivity index (χ3n) is 2.79. The molecule has 1 unspecified atom stereocenters. The molecule has 19 heavy (non-hydrogen) atoms. The van der Waals surface area contributed by atoms with Gasteiger partial charge in [0.1, 0.15) is 11.8 Å². The van der Waals surface area contributed by atoms with Gasteiger partial charge >= 0.3 is 0 Å². The Morgan fingerprint density at radius 3 is 2.58 bits per heavy atom. The van der Waals surface area contributed by atoms with Gasteiger partial charge in [0.15, 0.2) is 5.75 Å². The number of anilines is 1. The third kappa shape index (κ3) is 4.71. The molecule has 0 bridgehead atoms. The number of ether oxygens (including phenoxy) is 2. The van der Waals surface area contributed by atoms with Crippen LogP contribution < -0.4 is 10.5 Å². The monoisotopic (exact) mass is 266 g/mol. The molecule has 0 radical (unpaired) electrons. The second kappa shape index (κ2) is 6.75. The van der Waals surface area contributed by atoms with E-state index in [4.69, 9.17) is 15.2 Å². The maximum absolute atomic E-state index is 6.13. The number of hydrogen-bond acceptors (Lipinski definition) is 4.